The van der Waals surface area contributed by atoms with E-state index in [4.69, 9.17) is 16.3 Å². The number of likely N-dealkylation sites (tertiary alicyclic amines) is 1. The summed E-state index contributed by atoms with van der Waals surface area (Å²) >= 11 is 6.60. The molecule has 0 radical (unpaired) electrons. The van der Waals surface area contributed by atoms with Gasteiger partial charge >= 0.3 is 0 Å². The van der Waals surface area contributed by atoms with Gasteiger partial charge < -0.3 is 20.1 Å². The molecule has 0 bridgehead atoms. The van der Waals surface area contributed by atoms with Gasteiger partial charge in [0.2, 0.25) is 12.8 Å². The number of amides is 1. The Hall–Kier alpha value is -3.64. The predicted octanol–water partition coefficient (Wildman–Crippen LogP) is 4.37. The van der Waals surface area contributed by atoms with E-state index in [1.807, 2.05) is 59.5 Å². The van der Waals surface area contributed by atoms with Crippen molar-refractivity contribution >= 4 is 28.5 Å². The van der Waals surface area contributed by atoms with Gasteiger partial charge in [-0.05, 0) is 48.6 Å². The number of carbonyl (C=O) groups excluding carboxylic acids is 1. The Kier molecular flexibility index (Phi) is 10.4. The van der Waals surface area contributed by atoms with Crippen LogP contribution >= 0.6 is 11.6 Å². The second kappa shape index (κ2) is 14.4. The molecule has 2 fully saturated rings. The first kappa shape index (κ1) is 31.8. The number of morpholine rings is 1. The minimum atomic E-state index is -1.75. The Balaban J connectivity index is 0.00000123. The van der Waals surface area contributed by atoms with Crippen LogP contribution in [0, 0.1) is 0 Å². The van der Waals surface area contributed by atoms with E-state index in [0.29, 0.717) is 68.2 Å². The lowest BCUT2D eigenvalue weighted by molar-refractivity contribution is -0.135. The molecule has 0 spiro atoms. The van der Waals surface area contributed by atoms with Gasteiger partial charge in [-0.15, -0.1) is 0 Å². The van der Waals surface area contributed by atoms with Gasteiger partial charge in [-0.3, -0.25) is 18.7 Å². The van der Waals surface area contributed by atoms with E-state index in [1.165, 1.54) is 10.9 Å². The van der Waals surface area contributed by atoms with Crippen LogP contribution in [0.2, 0.25) is 5.15 Å². The van der Waals surface area contributed by atoms with Crippen LogP contribution in [0.5, 0.6) is 0 Å². The van der Waals surface area contributed by atoms with Crippen LogP contribution in [0.1, 0.15) is 36.4 Å². The quantitative estimate of drug-likeness (QED) is 0.316. The molecule has 12 heteroatoms. The highest BCUT2D eigenvalue weighted by Crippen LogP contribution is 2.28. The number of aliphatic hydroxyl groups is 1. The van der Waals surface area contributed by atoms with Crippen LogP contribution in [-0.4, -0.2) is 75.4 Å². The van der Waals surface area contributed by atoms with Crippen LogP contribution in [0.3, 0.4) is 0 Å². The molecule has 1 unspecified atom stereocenters. The molecule has 0 saturated carbocycles. The molecule has 2 aliphatic heterocycles. The maximum absolute atomic E-state index is 13.4. The lowest BCUT2D eigenvalue weighted by Gasteiger charge is -2.38. The second-order valence-electron chi connectivity index (χ2n) is 11.1. The lowest BCUT2D eigenvalue weighted by Crippen LogP contribution is -2.49. The summed E-state index contributed by atoms with van der Waals surface area (Å²) in [6, 6.07) is 19.7. The molecule has 234 valence electrons. The number of nitrogens with zero attached hydrogens (tertiary/aromatic N) is 4. The van der Waals surface area contributed by atoms with Gasteiger partial charge in [-0.2, -0.15) is 0 Å². The summed E-state index contributed by atoms with van der Waals surface area (Å²) in [4.78, 5) is 32.6. The molecular formula is C32H36ClF2N5O4. The Morgan fingerprint density at radius 3 is 2.48 bits per heavy atom. The Morgan fingerprint density at radius 1 is 1.11 bits per heavy atom. The number of alkyl halides is 2. The van der Waals surface area contributed by atoms with Gasteiger partial charge in [-0.1, -0.05) is 54.1 Å². The number of piperidine rings is 1. The molecule has 44 heavy (non-hydrogen) atoms. The summed E-state index contributed by atoms with van der Waals surface area (Å²) in [7, 11) is 0. The van der Waals surface area contributed by atoms with Crippen LogP contribution < -0.4 is 10.9 Å². The molecule has 2 saturated heterocycles. The summed E-state index contributed by atoms with van der Waals surface area (Å²) in [5.74, 6) is 0.0866. The number of hydrogen-bond acceptors (Lipinski definition) is 6. The Bertz CT molecular complexity index is 1600. The number of carbonyl (C=O) groups is 1. The number of benzene rings is 2. The number of ether oxygens (including phenoxy) is 1. The SMILES string of the molecule is FCF.O=C(CCc1ccccc1)N1CCC(O)(Cn2cnc3c(cc(Cl)n3-c3ccc(C4COCCN4)cc3)c2=O)CC1. The first-order chi connectivity index (χ1) is 21.3. The monoisotopic (exact) mass is 627 g/mol. The standard InChI is InChI=1S/C31H34ClN5O4.CH2F2/c32-27-18-25-29(37(27)24-9-7-23(8-10-24)26-19-41-17-14-33-26)34-21-36(30(25)39)20-31(40)12-15-35(16-13-31)28(38)11-6-22-4-2-1-3-5-22;2-1-3/h1-5,7-10,18,21,26,33,40H,6,11-17,19-20H2;1H2. The maximum Gasteiger partial charge on any atom is 0.262 e. The van der Waals surface area contributed by atoms with Crippen molar-refractivity contribution in [1.82, 2.24) is 24.3 Å². The van der Waals surface area contributed by atoms with E-state index in [0.717, 1.165) is 23.4 Å². The molecule has 2 aromatic heterocycles. The van der Waals surface area contributed by atoms with Crippen LogP contribution in [0.4, 0.5) is 8.78 Å². The Labute approximate surface area is 259 Å². The van der Waals surface area contributed by atoms with Crippen molar-refractivity contribution in [2.45, 2.75) is 43.9 Å². The van der Waals surface area contributed by atoms with Crippen molar-refractivity contribution in [2.24, 2.45) is 0 Å². The minimum Gasteiger partial charge on any atom is -0.388 e. The summed E-state index contributed by atoms with van der Waals surface area (Å²) in [5.41, 5.74) is 2.16. The predicted molar refractivity (Wildman–Crippen MR) is 165 cm³/mol. The fourth-order valence-corrected chi connectivity index (χ4v) is 6.07. The van der Waals surface area contributed by atoms with Crippen LogP contribution in [-0.2, 0) is 22.5 Å². The average Bonchev–Trinajstić information content (AvgIpc) is 3.39. The van der Waals surface area contributed by atoms with Crippen LogP contribution in [0.15, 0.2) is 71.8 Å². The zero-order valence-corrected chi connectivity index (χ0v) is 25.1. The fraction of sp³-hybridized carbons (Fsp3) is 0.406. The number of rotatable bonds is 7. The molecule has 0 aliphatic carbocycles. The molecule has 6 rings (SSSR count). The number of nitrogens with one attached hydrogen (secondary N) is 1. The third kappa shape index (κ3) is 7.35. The molecular weight excluding hydrogens is 592 g/mol. The normalized spacial score (nSPS) is 18.1. The van der Waals surface area contributed by atoms with Crippen molar-refractivity contribution in [1.29, 1.82) is 0 Å². The fourth-order valence-electron chi connectivity index (χ4n) is 5.78. The smallest absolute Gasteiger partial charge is 0.262 e. The zero-order valence-electron chi connectivity index (χ0n) is 24.3. The van der Waals surface area contributed by atoms with E-state index in [-0.39, 0.29) is 24.1 Å². The number of fused-ring (bicyclic) bond motifs is 1. The van der Waals surface area contributed by atoms with Gasteiger partial charge in [-0.25, -0.2) is 13.8 Å². The summed E-state index contributed by atoms with van der Waals surface area (Å²) in [6.07, 6.45) is 3.40. The largest absolute Gasteiger partial charge is 0.388 e. The molecule has 1 amide bonds. The first-order valence-electron chi connectivity index (χ1n) is 14.7. The van der Waals surface area contributed by atoms with Crippen molar-refractivity contribution in [3.8, 4) is 5.69 Å². The van der Waals surface area contributed by atoms with E-state index in [2.05, 4.69) is 10.3 Å². The van der Waals surface area contributed by atoms with Gasteiger partial charge in [0.25, 0.3) is 5.56 Å². The lowest BCUT2D eigenvalue weighted by atomic mass is 9.91. The first-order valence-corrected chi connectivity index (χ1v) is 15.0. The number of halogens is 3. The van der Waals surface area contributed by atoms with E-state index in [1.54, 1.807) is 10.6 Å². The highest BCUT2D eigenvalue weighted by Gasteiger charge is 2.34. The molecule has 4 aromatic rings. The molecule has 1 atom stereocenters. The highest BCUT2D eigenvalue weighted by molar-refractivity contribution is 6.31. The van der Waals surface area contributed by atoms with Gasteiger partial charge in [0.05, 0.1) is 36.8 Å². The van der Waals surface area contributed by atoms with Crippen molar-refractivity contribution in [3.05, 3.63) is 93.6 Å². The minimum absolute atomic E-state index is 0.0866. The van der Waals surface area contributed by atoms with Crippen molar-refractivity contribution in [3.63, 3.8) is 0 Å². The average molecular weight is 628 g/mol. The third-order valence-electron chi connectivity index (χ3n) is 8.20. The molecule has 2 aromatic carbocycles. The summed E-state index contributed by atoms with van der Waals surface area (Å²) in [5, 5.41) is 15.5. The van der Waals surface area contributed by atoms with Crippen LogP contribution in [0.25, 0.3) is 16.7 Å². The number of aryl methyl sites for hydroxylation is 1. The summed E-state index contributed by atoms with van der Waals surface area (Å²) in [6.45, 7) is 1.42. The third-order valence-corrected chi connectivity index (χ3v) is 8.48. The molecule has 2 N–H and O–H groups in total. The number of hydrogen-bond donors (Lipinski definition) is 2. The maximum atomic E-state index is 13.4. The van der Waals surface area contributed by atoms with E-state index >= 15 is 0 Å². The van der Waals surface area contributed by atoms with Gasteiger partial charge in [0, 0.05) is 31.7 Å². The van der Waals surface area contributed by atoms with Crippen molar-refractivity contribution < 1.29 is 23.4 Å². The van der Waals surface area contributed by atoms with Gasteiger partial charge in [0.15, 0.2) is 5.65 Å². The summed E-state index contributed by atoms with van der Waals surface area (Å²) < 4.78 is 28.0. The van der Waals surface area contributed by atoms with E-state index in [9.17, 15) is 23.5 Å². The highest BCUT2D eigenvalue weighted by atomic mass is 35.5. The van der Waals surface area contributed by atoms with E-state index < -0.39 is 12.5 Å². The zero-order chi connectivity index (χ0) is 31.1. The second-order valence-corrected chi connectivity index (χ2v) is 11.5. The number of aromatic nitrogens is 3. The molecule has 4 heterocycles. The topological polar surface area (TPSA) is 102 Å². The molecule has 9 nitrogen and oxygen atoms in total. The van der Waals surface area contributed by atoms with Crippen molar-refractivity contribution in [2.75, 3.05) is 39.8 Å². The van der Waals surface area contributed by atoms with Gasteiger partial charge in [0.1, 0.15) is 11.5 Å². The molecule has 2 aliphatic rings. The Morgan fingerprint density at radius 2 is 1.82 bits per heavy atom.